The van der Waals surface area contributed by atoms with E-state index in [1.54, 1.807) is 0 Å². The van der Waals surface area contributed by atoms with Crippen molar-refractivity contribution in [3.8, 4) is 0 Å². The Bertz CT molecular complexity index is 157. The van der Waals surface area contributed by atoms with Gasteiger partial charge in [-0.05, 0) is 24.7 Å². The van der Waals surface area contributed by atoms with E-state index in [0.29, 0.717) is 0 Å². The van der Waals surface area contributed by atoms with Crippen LogP contribution in [0.25, 0.3) is 0 Å². The lowest BCUT2D eigenvalue weighted by molar-refractivity contribution is 0.276. The van der Waals surface area contributed by atoms with Crippen LogP contribution in [0, 0.1) is 11.8 Å². The van der Waals surface area contributed by atoms with Crippen LogP contribution in [0.1, 0.15) is 58.8 Å². The van der Waals surface area contributed by atoms with Crippen molar-refractivity contribution in [3.63, 3.8) is 0 Å². The van der Waals surface area contributed by atoms with Gasteiger partial charge in [-0.1, -0.05) is 58.1 Å². The average Bonchev–Trinajstić information content (AvgIpc) is 2.11. The molecule has 0 bridgehead atoms. The highest BCUT2D eigenvalue weighted by atomic mass is 14.3. The van der Waals surface area contributed by atoms with Gasteiger partial charge < -0.3 is 0 Å². The van der Waals surface area contributed by atoms with E-state index in [9.17, 15) is 0 Å². The quantitative estimate of drug-likeness (QED) is 0.415. The largest absolute Gasteiger partial charge is 0.0996 e. The Morgan fingerprint density at radius 3 is 2.46 bits per heavy atom. The standard InChI is InChI=1S/C13H24/c1-4-5-6-7-8-9-13-11(2)10-12(13)3/h12-13H,2,4-10H2,1,3H3. The van der Waals surface area contributed by atoms with Gasteiger partial charge in [-0.2, -0.15) is 0 Å². The number of rotatable bonds is 6. The van der Waals surface area contributed by atoms with Crippen LogP contribution in [0.5, 0.6) is 0 Å². The van der Waals surface area contributed by atoms with Gasteiger partial charge in [-0.3, -0.25) is 0 Å². The minimum absolute atomic E-state index is 0.877. The molecule has 0 radical (unpaired) electrons. The molecular formula is C13H24. The normalized spacial score (nSPS) is 27.4. The third-order valence-electron chi connectivity index (χ3n) is 3.41. The molecule has 0 aromatic rings. The zero-order chi connectivity index (χ0) is 9.68. The summed E-state index contributed by atoms with van der Waals surface area (Å²) in [5.74, 6) is 1.81. The first-order valence-corrected chi connectivity index (χ1v) is 5.93. The van der Waals surface area contributed by atoms with Crippen LogP contribution < -0.4 is 0 Å². The summed E-state index contributed by atoms with van der Waals surface area (Å²) in [5.41, 5.74) is 1.52. The number of allylic oxidation sites excluding steroid dienone is 1. The fraction of sp³-hybridized carbons (Fsp3) is 0.846. The molecule has 0 N–H and O–H groups in total. The van der Waals surface area contributed by atoms with Gasteiger partial charge in [0.15, 0.2) is 0 Å². The van der Waals surface area contributed by atoms with Gasteiger partial charge in [-0.25, -0.2) is 0 Å². The third-order valence-corrected chi connectivity index (χ3v) is 3.41. The minimum Gasteiger partial charge on any atom is -0.0996 e. The molecule has 0 amide bonds. The summed E-state index contributed by atoms with van der Waals surface area (Å²) in [7, 11) is 0. The Morgan fingerprint density at radius 1 is 1.23 bits per heavy atom. The smallest absolute Gasteiger partial charge is 0.0177 e. The summed E-state index contributed by atoms with van der Waals surface area (Å²) in [6.07, 6.45) is 9.76. The predicted molar refractivity (Wildman–Crippen MR) is 59.8 cm³/mol. The molecule has 0 aliphatic heterocycles. The van der Waals surface area contributed by atoms with Crippen LogP contribution >= 0.6 is 0 Å². The molecular weight excluding hydrogens is 156 g/mol. The highest BCUT2D eigenvalue weighted by Gasteiger charge is 2.29. The summed E-state index contributed by atoms with van der Waals surface area (Å²) in [6.45, 7) is 8.75. The molecule has 0 aromatic heterocycles. The molecule has 13 heavy (non-hydrogen) atoms. The SMILES string of the molecule is C=C1CC(C)C1CCCCCCC. The van der Waals surface area contributed by atoms with Gasteiger partial charge in [0.05, 0.1) is 0 Å². The molecule has 2 unspecified atom stereocenters. The van der Waals surface area contributed by atoms with E-state index in [-0.39, 0.29) is 0 Å². The second kappa shape index (κ2) is 5.47. The van der Waals surface area contributed by atoms with Gasteiger partial charge in [-0.15, -0.1) is 0 Å². The van der Waals surface area contributed by atoms with Gasteiger partial charge in [0, 0.05) is 0 Å². The Hall–Kier alpha value is -0.260. The summed E-state index contributed by atoms with van der Waals surface area (Å²) in [6, 6.07) is 0. The lowest BCUT2D eigenvalue weighted by Gasteiger charge is -2.37. The van der Waals surface area contributed by atoms with Crippen molar-refractivity contribution in [2.24, 2.45) is 11.8 Å². The average molecular weight is 180 g/mol. The minimum atomic E-state index is 0.877. The fourth-order valence-corrected chi connectivity index (χ4v) is 2.41. The van der Waals surface area contributed by atoms with Crippen LogP contribution in [0.15, 0.2) is 12.2 Å². The molecule has 0 heteroatoms. The van der Waals surface area contributed by atoms with E-state index in [0.717, 1.165) is 11.8 Å². The molecule has 1 aliphatic rings. The fourth-order valence-electron chi connectivity index (χ4n) is 2.41. The second-order valence-electron chi connectivity index (χ2n) is 4.65. The number of unbranched alkanes of at least 4 members (excludes halogenated alkanes) is 4. The maximum atomic E-state index is 4.11. The lowest BCUT2D eigenvalue weighted by Crippen LogP contribution is -2.25. The summed E-state index contributed by atoms with van der Waals surface area (Å²) < 4.78 is 0. The molecule has 0 heterocycles. The van der Waals surface area contributed by atoms with Crippen LogP contribution in [0.3, 0.4) is 0 Å². The van der Waals surface area contributed by atoms with Crippen molar-refractivity contribution in [1.29, 1.82) is 0 Å². The second-order valence-corrected chi connectivity index (χ2v) is 4.65. The Kier molecular flexibility index (Phi) is 4.55. The van der Waals surface area contributed by atoms with E-state index < -0.39 is 0 Å². The zero-order valence-corrected chi connectivity index (χ0v) is 9.31. The molecule has 1 rings (SSSR count). The highest BCUT2D eigenvalue weighted by Crippen LogP contribution is 2.41. The first-order valence-electron chi connectivity index (χ1n) is 5.93. The summed E-state index contributed by atoms with van der Waals surface area (Å²) in [4.78, 5) is 0. The van der Waals surface area contributed by atoms with Crippen LogP contribution in [-0.2, 0) is 0 Å². The van der Waals surface area contributed by atoms with E-state index in [4.69, 9.17) is 0 Å². The van der Waals surface area contributed by atoms with Gasteiger partial charge in [0.1, 0.15) is 0 Å². The monoisotopic (exact) mass is 180 g/mol. The number of hydrogen-bond acceptors (Lipinski definition) is 0. The Balaban J connectivity index is 1.96. The summed E-state index contributed by atoms with van der Waals surface area (Å²) >= 11 is 0. The van der Waals surface area contributed by atoms with Gasteiger partial charge in [0.25, 0.3) is 0 Å². The van der Waals surface area contributed by atoms with Crippen molar-refractivity contribution in [3.05, 3.63) is 12.2 Å². The topological polar surface area (TPSA) is 0 Å². The van der Waals surface area contributed by atoms with Crippen molar-refractivity contribution in [2.75, 3.05) is 0 Å². The van der Waals surface area contributed by atoms with E-state index in [1.165, 1.54) is 50.5 Å². The maximum Gasteiger partial charge on any atom is -0.0177 e. The Morgan fingerprint density at radius 2 is 1.92 bits per heavy atom. The van der Waals surface area contributed by atoms with Crippen molar-refractivity contribution in [2.45, 2.75) is 58.8 Å². The Labute approximate surface area is 83.4 Å². The van der Waals surface area contributed by atoms with E-state index in [2.05, 4.69) is 20.4 Å². The molecule has 0 saturated heterocycles. The maximum absolute atomic E-state index is 4.11. The summed E-state index contributed by atoms with van der Waals surface area (Å²) in [5, 5.41) is 0. The van der Waals surface area contributed by atoms with Crippen LogP contribution in [0.2, 0.25) is 0 Å². The van der Waals surface area contributed by atoms with Crippen molar-refractivity contribution < 1.29 is 0 Å². The third kappa shape index (κ3) is 3.17. The first-order chi connectivity index (χ1) is 6.25. The molecule has 1 aliphatic carbocycles. The van der Waals surface area contributed by atoms with Crippen LogP contribution in [0.4, 0.5) is 0 Å². The molecule has 0 nitrogen and oxygen atoms in total. The first kappa shape index (κ1) is 10.8. The highest BCUT2D eigenvalue weighted by molar-refractivity contribution is 5.13. The molecule has 2 atom stereocenters. The molecule has 0 aromatic carbocycles. The predicted octanol–water partition coefficient (Wildman–Crippen LogP) is 4.56. The molecule has 1 saturated carbocycles. The lowest BCUT2D eigenvalue weighted by atomic mass is 9.69. The number of hydrogen-bond donors (Lipinski definition) is 0. The van der Waals surface area contributed by atoms with E-state index >= 15 is 0 Å². The van der Waals surface area contributed by atoms with Crippen molar-refractivity contribution >= 4 is 0 Å². The van der Waals surface area contributed by atoms with Gasteiger partial charge in [0.2, 0.25) is 0 Å². The van der Waals surface area contributed by atoms with Crippen molar-refractivity contribution in [1.82, 2.24) is 0 Å². The molecule has 1 fully saturated rings. The van der Waals surface area contributed by atoms with E-state index in [1.807, 2.05) is 0 Å². The van der Waals surface area contributed by atoms with Crippen LogP contribution in [-0.4, -0.2) is 0 Å². The molecule has 0 spiro atoms. The van der Waals surface area contributed by atoms with Gasteiger partial charge >= 0.3 is 0 Å². The zero-order valence-electron chi connectivity index (χ0n) is 9.31. The molecule has 76 valence electrons.